The van der Waals surface area contributed by atoms with E-state index in [1.807, 2.05) is 4.90 Å². The van der Waals surface area contributed by atoms with Gasteiger partial charge in [0.25, 0.3) is 11.8 Å². The van der Waals surface area contributed by atoms with Crippen LogP contribution < -0.4 is 15.6 Å². The molecule has 0 bridgehead atoms. The molecule has 6 nitrogen and oxygen atoms in total. The standard InChI is InChI=1S/C14H18ClN3O3/c15-11-3-5-12(6-4-11)21-10-14(20)17-16-13(19)9-18-7-1-2-8-18/h3-6H,1-2,7-10H2,(H,16,19)(H,17,20). The maximum atomic E-state index is 11.6. The first kappa shape index (κ1) is 15.6. The number of hydrogen-bond donors (Lipinski definition) is 2. The molecule has 1 aliphatic heterocycles. The van der Waals surface area contributed by atoms with Crippen LogP contribution in [0.5, 0.6) is 5.75 Å². The molecule has 114 valence electrons. The molecule has 7 heteroatoms. The Labute approximate surface area is 128 Å². The second-order valence-corrected chi connectivity index (χ2v) is 5.26. The smallest absolute Gasteiger partial charge is 0.276 e. The predicted molar refractivity (Wildman–Crippen MR) is 78.9 cm³/mol. The molecule has 21 heavy (non-hydrogen) atoms. The second-order valence-electron chi connectivity index (χ2n) is 4.82. The van der Waals surface area contributed by atoms with E-state index < -0.39 is 5.91 Å². The minimum absolute atomic E-state index is 0.175. The van der Waals surface area contributed by atoms with E-state index in [9.17, 15) is 9.59 Å². The number of halogens is 1. The number of hydrazine groups is 1. The number of nitrogens with zero attached hydrogens (tertiary/aromatic N) is 1. The van der Waals surface area contributed by atoms with Gasteiger partial charge < -0.3 is 4.74 Å². The highest BCUT2D eigenvalue weighted by atomic mass is 35.5. The van der Waals surface area contributed by atoms with Crippen LogP contribution in [0.25, 0.3) is 0 Å². The number of benzene rings is 1. The van der Waals surface area contributed by atoms with E-state index in [1.165, 1.54) is 0 Å². The molecule has 1 aromatic carbocycles. The summed E-state index contributed by atoms with van der Waals surface area (Å²) in [6.07, 6.45) is 2.24. The highest BCUT2D eigenvalue weighted by molar-refractivity contribution is 6.30. The molecular formula is C14H18ClN3O3. The number of rotatable bonds is 5. The van der Waals surface area contributed by atoms with Gasteiger partial charge in [-0.25, -0.2) is 0 Å². The summed E-state index contributed by atoms with van der Waals surface area (Å²) in [6, 6.07) is 6.68. The van der Waals surface area contributed by atoms with E-state index in [-0.39, 0.29) is 12.5 Å². The third-order valence-corrected chi connectivity index (χ3v) is 3.34. The Hall–Kier alpha value is -1.79. The van der Waals surface area contributed by atoms with E-state index in [0.717, 1.165) is 25.9 Å². The predicted octanol–water partition coefficient (Wildman–Crippen LogP) is 0.962. The van der Waals surface area contributed by atoms with E-state index in [0.29, 0.717) is 17.3 Å². The molecule has 0 aliphatic carbocycles. The fourth-order valence-electron chi connectivity index (χ4n) is 2.04. The van der Waals surface area contributed by atoms with E-state index >= 15 is 0 Å². The zero-order chi connectivity index (χ0) is 15.1. The third kappa shape index (κ3) is 5.61. The largest absolute Gasteiger partial charge is 0.484 e. The molecular weight excluding hydrogens is 294 g/mol. The lowest BCUT2D eigenvalue weighted by molar-refractivity contribution is -0.130. The van der Waals surface area contributed by atoms with Gasteiger partial charge >= 0.3 is 0 Å². The molecule has 2 N–H and O–H groups in total. The molecule has 0 radical (unpaired) electrons. The van der Waals surface area contributed by atoms with Crippen molar-refractivity contribution >= 4 is 23.4 Å². The van der Waals surface area contributed by atoms with Crippen molar-refractivity contribution in [2.45, 2.75) is 12.8 Å². The molecule has 0 aromatic heterocycles. The number of hydrogen-bond acceptors (Lipinski definition) is 4. The van der Waals surface area contributed by atoms with E-state index in [4.69, 9.17) is 16.3 Å². The van der Waals surface area contributed by atoms with Crippen LogP contribution in [0.4, 0.5) is 0 Å². The Bertz CT molecular complexity index is 487. The van der Waals surface area contributed by atoms with Crippen molar-refractivity contribution in [2.75, 3.05) is 26.2 Å². The van der Waals surface area contributed by atoms with Gasteiger partial charge in [0, 0.05) is 5.02 Å². The molecule has 0 saturated carbocycles. The normalized spacial score (nSPS) is 14.7. The number of ether oxygens (including phenoxy) is 1. The summed E-state index contributed by atoms with van der Waals surface area (Å²) in [5.41, 5.74) is 4.70. The lowest BCUT2D eigenvalue weighted by Gasteiger charge is -2.14. The van der Waals surface area contributed by atoms with E-state index in [1.54, 1.807) is 24.3 Å². The minimum Gasteiger partial charge on any atom is -0.484 e. The fourth-order valence-corrected chi connectivity index (χ4v) is 2.16. The Morgan fingerprint density at radius 2 is 1.71 bits per heavy atom. The molecule has 1 aliphatic rings. The van der Waals surface area contributed by atoms with Crippen LogP contribution >= 0.6 is 11.6 Å². The first-order valence-corrected chi connectivity index (χ1v) is 7.20. The molecule has 2 rings (SSSR count). The molecule has 0 spiro atoms. The summed E-state index contributed by atoms with van der Waals surface area (Å²) in [5, 5.41) is 0.598. The highest BCUT2D eigenvalue weighted by Crippen LogP contribution is 2.15. The van der Waals surface area contributed by atoms with Crippen LogP contribution in [0.15, 0.2) is 24.3 Å². The van der Waals surface area contributed by atoms with Gasteiger partial charge in [-0.1, -0.05) is 11.6 Å². The van der Waals surface area contributed by atoms with Gasteiger partial charge in [0.05, 0.1) is 6.54 Å². The van der Waals surface area contributed by atoms with Crippen LogP contribution in [0.1, 0.15) is 12.8 Å². The van der Waals surface area contributed by atoms with Crippen LogP contribution in [-0.4, -0.2) is 43.0 Å². The molecule has 2 amide bonds. The lowest BCUT2D eigenvalue weighted by Crippen LogP contribution is -2.47. The Morgan fingerprint density at radius 1 is 1.10 bits per heavy atom. The highest BCUT2D eigenvalue weighted by Gasteiger charge is 2.15. The second kappa shape index (κ2) is 7.85. The Kier molecular flexibility index (Phi) is 5.83. The Balaban J connectivity index is 1.62. The van der Waals surface area contributed by atoms with Gasteiger partial charge in [0.1, 0.15) is 5.75 Å². The lowest BCUT2D eigenvalue weighted by atomic mass is 10.3. The van der Waals surface area contributed by atoms with Gasteiger partial charge in [-0.05, 0) is 50.2 Å². The van der Waals surface area contributed by atoms with Crippen LogP contribution in [-0.2, 0) is 9.59 Å². The first-order valence-electron chi connectivity index (χ1n) is 6.82. The number of carbonyl (C=O) groups excluding carboxylic acids is 2. The monoisotopic (exact) mass is 311 g/mol. The molecule has 1 saturated heterocycles. The minimum atomic E-state index is -0.417. The number of nitrogens with one attached hydrogen (secondary N) is 2. The summed E-state index contributed by atoms with van der Waals surface area (Å²) in [7, 11) is 0. The van der Waals surface area contributed by atoms with Crippen molar-refractivity contribution in [1.29, 1.82) is 0 Å². The van der Waals surface area contributed by atoms with Crippen molar-refractivity contribution in [3.63, 3.8) is 0 Å². The number of amides is 2. The van der Waals surface area contributed by atoms with Gasteiger partial charge in [-0.15, -0.1) is 0 Å². The van der Waals surface area contributed by atoms with Crippen molar-refractivity contribution in [3.05, 3.63) is 29.3 Å². The summed E-state index contributed by atoms with van der Waals surface area (Å²) in [6.45, 7) is 1.99. The van der Waals surface area contributed by atoms with Crippen molar-refractivity contribution < 1.29 is 14.3 Å². The number of likely N-dealkylation sites (tertiary alicyclic amines) is 1. The van der Waals surface area contributed by atoms with E-state index in [2.05, 4.69) is 10.9 Å². The first-order chi connectivity index (χ1) is 10.1. The Morgan fingerprint density at radius 3 is 2.38 bits per heavy atom. The SMILES string of the molecule is O=C(COc1ccc(Cl)cc1)NNC(=O)CN1CCCC1. The molecule has 1 heterocycles. The van der Waals surface area contributed by atoms with Crippen LogP contribution in [0, 0.1) is 0 Å². The maximum Gasteiger partial charge on any atom is 0.276 e. The molecule has 1 fully saturated rings. The van der Waals surface area contributed by atoms with Crippen LogP contribution in [0.3, 0.4) is 0 Å². The average Bonchev–Trinajstić information content (AvgIpc) is 2.97. The average molecular weight is 312 g/mol. The zero-order valence-corrected chi connectivity index (χ0v) is 12.4. The van der Waals surface area contributed by atoms with Crippen molar-refractivity contribution in [3.8, 4) is 5.75 Å². The van der Waals surface area contributed by atoms with Gasteiger partial charge in [-0.2, -0.15) is 0 Å². The maximum absolute atomic E-state index is 11.6. The summed E-state index contributed by atoms with van der Waals surface area (Å²) in [4.78, 5) is 25.2. The quantitative estimate of drug-likeness (QED) is 0.795. The topological polar surface area (TPSA) is 70.7 Å². The molecule has 0 atom stereocenters. The summed E-state index contributed by atoms with van der Waals surface area (Å²) >= 11 is 5.74. The van der Waals surface area contributed by atoms with Crippen molar-refractivity contribution in [1.82, 2.24) is 15.8 Å². The van der Waals surface area contributed by atoms with Crippen molar-refractivity contribution in [2.24, 2.45) is 0 Å². The molecule has 1 aromatic rings. The fraction of sp³-hybridized carbons (Fsp3) is 0.429. The third-order valence-electron chi connectivity index (χ3n) is 3.09. The summed E-state index contributed by atoms with van der Waals surface area (Å²) in [5.74, 6) is -0.102. The molecule has 0 unspecified atom stereocenters. The summed E-state index contributed by atoms with van der Waals surface area (Å²) < 4.78 is 5.26. The van der Waals surface area contributed by atoms with Gasteiger partial charge in [0.2, 0.25) is 0 Å². The van der Waals surface area contributed by atoms with Crippen LogP contribution in [0.2, 0.25) is 5.02 Å². The zero-order valence-electron chi connectivity index (χ0n) is 11.6. The number of carbonyl (C=O) groups is 2. The van der Waals surface area contributed by atoms with Gasteiger partial charge in [0.15, 0.2) is 6.61 Å². The van der Waals surface area contributed by atoms with Gasteiger partial charge in [-0.3, -0.25) is 25.3 Å².